The lowest BCUT2D eigenvalue weighted by Gasteiger charge is -2.26. The molecule has 3 rings (SSSR count). The summed E-state index contributed by atoms with van der Waals surface area (Å²) in [6, 6.07) is 7.27. The third kappa shape index (κ3) is 2.57. The van der Waals surface area contributed by atoms with Gasteiger partial charge in [-0.25, -0.2) is 4.79 Å². The third-order valence-corrected chi connectivity index (χ3v) is 4.72. The number of hydrogen-bond acceptors (Lipinski definition) is 1. The monoisotopic (exact) mass is 278 g/mol. The summed E-state index contributed by atoms with van der Waals surface area (Å²) in [5, 5.41) is 3.63. The van der Waals surface area contributed by atoms with Gasteiger partial charge in [0.1, 0.15) is 0 Å². The van der Waals surface area contributed by atoms with Crippen molar-refractivity contribution in [2.45, 2.75) is 38.1 Å². The fourth-order valence-electron chi connectivity index (χ4n) is 3.00. The second kappa shape index (κ2) is 4.71. The van der Waals surface area contributed by atoms with Gasteiger partial charge in [0.05, 0.1) is 5.54 Å². The van der Waals surface area contributed by atoms with Crippen molar-refractivity contribution in [1.29, 1.82) is 0 Å². The predicted octanol–water partition coefficient (Wildman–Crippen LogP) is 4.14. The Morgan fingerprint density at radius 1 is 1.32 bits per heavy atom. The topological polar surface area (TPSA) is 32.1 Å². The molecule has 1 spiro atoms. The molecule has 2 fully saturated rings. The van der Waals surface area contributed by atoms with Crippen LogP contribution in [0, 0.1) is 5.92 Å². The van der Waals surface area contributed by atoms with E-state index in [1.807, 2.05) is 17.0 Å². The Labute approximate surface area is 118 Å². The molecule has 1 aromatic carbocycles. The Morgan fingerprint density at radius 3 is 2.58 bits per heavy atom. The van der Waals surface area contributed by atoms with Gasteiger partial charge >= 0.3 is 6.03 Å². The van der Waals surface area contributed by atoms with Gasteiger partial charge in [0.2, 0.25) is 0 Å². The molecule has 2 amide bonds. The summed E-state index contributed by atoms with van der Waals surface area (Å²) in [6.45, 7) is 3.21. The van der Waals surface area contributed by atoms with Crippen LogP contribution in [0.15, 0.2) is 24.3 Å². The van der Waals surface area contributed by atoms with E-state index in [0.29, 0.717) is 5.02 Å². The van der Waals surface area contributed by atoms with Crippen molar-refractivity contribution in [3.63, 3.8) is 0 Å². The Hall–Kier alpha value is -1.22. The molecule has 1 aliphatic heterocycles. The second-order valence-corrected chi connectivity index (χ2v) is 6.37. The number of urea groups is 1. The first-order valence-electron chi connectivity index (χ1n) is 6.93. The first-order chi connectivity index (χ1) is 9.09. The molecule has 0 radical (unpaired) electrons. The van der Waals surface area contributed by atoms with Gasteiger partial charge in [-0.05, 0) is 55.9 Å². The molecule has 2 aliphatic rings. The number of anilines is 1. The first kappa shape index (κ1) is 12.8. The molecular weight excluding hydrogens is 260 g/mol. The average molecular weight is 279 g/mol. The van der Waals surface area contributed by atoms with E-state index in [2.05, 4.69) is 12.2 Å². The molecule has 0 unspecified atom stereocenters. The van der Waals surface area contributed by atoms with Crippen LogP contribution in [0.1, 0.15) is 32.6 Å². The van der Waals surface area contributed by atoms with Crippen LogP contribution in [0.5, 0.6) is 0 Å². The highest BCUT2D eigenvalue weighted by Gasteiger charge is 2.55. The van der Waals surface area contributed by atoms with Crippen molar-refractivity contribution in [3.8, 4) is 0 Å². The molecule has 1 saturated heterocycles. The van der Waals surface area contributed by atoms with E-state index in [-0.39, 0.29) is 11.6 Å². The number of carbonyl (C=O) groups excluding carboxylic acids is 1. The highest BCUT2D eigenvalue weighted by atomic mass is 35.5. The number of rotatable bonds is 1. The quantitative estimate of drug-likeness (QED) is 0.770. The summed E-state index contributed by atoms with van der Waals surface area (Å²) in [7, 11) is 0. The molecule has 19 heavy (non-hydrogen) atoms. The lowest BCUT2D eigenvalue weighted by Crippen LogP contribution is -2.30. The predicted molar refractivity (Wildman–Crippen MR) is 77.5 cm³/mol. The minimum Gasteiger partial charge on any atom is -0.315 e. The Bertz CT molecular complexity index is 477. The zero-order valence-electron chi connectivity index (χ0n) is 11.2. The lowest BCUT2D eigenvalue weighted by molar-refractivity contribution is 0.221. The van der Waals surface area contributed by atoms with Crippen LogP contribution in [0.2, 0.25) is 5.02 Å². The number of nitrogens with zero attached hydrogens (tertiary/aromatic N) is 1. The molecule has 0 aromatic heterocycles. The van der Waals surface area contributed by atoms with Crippen LogP contribution in [-0.4, -0.2) is 23.0 Å². The third-order valence-electron chi connectivity index (χ3n) is 4.47. The van der Waals surface area contributed by atoms with Gasteiger partial charge in [-0.1, -0.05) is 18.5 Å². The smallest absolute Gasteiger partial charge is 0.315 e. The number of carbonyl (C=O) groups is 1. The van der Waals surface area contributed by atoms with Crippen molar-refractivity contribution in [3.05, 3.63) is 29.3 Å². The van der Waals surface area contributed by atoms with Crippen LogP contribution in [0.3, 0.4) is 0 Å². The molecule has 1 saturated carbocycles. The SMILES string of the molecule is CC1CCC2(CC1)CN2C(=O)Nc1ccc(Cl)cc1. The fourth-order valence-corrected chi connectivity index (χ4v) is 3.12. The highest BCUT2D eigenvalue weighted by molar-refractivity contribution is 6.30. The van der Waals surface area contributed by atoms with E-state index in [4.69, 9.17) is 11.6 Å². The van der Waals surface area contributed by atoms with Gasteiger partial charge in [-0.2, -0.15) is 0 Å². The van der Waals surface area contributed by atoms with Gasteiger partial charge in [0, 0.05) is 17.3 Å². The average Bonchev–Trinajstić information content (AvgIpc) is 3.11. The zero-order valence-corrected chi connectivity index (χ0v) is 11.9. The fraction of sp³-hybridized carbons (Fsp3) is 0.533. The van der Waals surface area contributed by atoms with E-state index in [9.17, 15) is 4.79 Å². The Balaban J connectivity index is 1.59. The molecule has 1 heterocycles. The van der Waals surface area contributed by atoms with E-state index in [1.54, 1.807) is 12.1 Å². The van der Waals surface area contributed by atoms with E-state index >= 15 is 0 Å². The molecule has 4 heteroatoms. The summed E-state index contributed by atoms with van der Waals surface area (Å²) in [6.07, 6.45) is 4.79. The van der Waals surface area contributed by atoms with Crippen molar-refractivity contribution < 1.29 is 4.79 Å². The van der Waals surface area contributed by atoms with E-state index in [1.165, 1.54) is 12.8 Å². The van der Waals surface area contributed by atoms with Crippen LogP contribution < -0.4 is 5.32 Å². The molecular formula is C15H19ClN2O. The van der Waals surface area contributed by atoms with Crippen molar-refractivity contribution in [2.24, 2.45) is 5.92 Å². The highest BCUT2D eigenvalue weighted by Crippen LogP contribution is 2.46. The maximum Gasteiger partial charge on any atom is 0.322 e. The summed E-state index contributed by atoms with van der Waals surface area (Å²) in [5.41, 5.74) is 0.976. The zero-order chi connectivity index (χ0) is 13.5. The van der Waals surface area contributed by atoms with Gasteiger partial charge in [-0.15, -0.1) is 0 Å². The molecule has 3 nitrogen and oxygen atoms in total. The van der Waals surface area contributed by atoms with E-state index < -0.39 is 0 Å². The van der Waals surface area contributed by atoms with Crippen molar-refractivity contribution >= 4 is 23.3 Å². The standard InChI is InChI=1S/C15H19ClN2O/c1-11-6-8-15(9-7-11)10-18(15)14(19)17-13-4-2-12(16)3-5-13/h2-5,11H,6-10H2,1H3,(H,17,19). The molecule has 1 aromatic rings. The summed E-state index contributed by atoms with van der Waals surface area (Å²) in [4.78, 5) is 14.2. The summed E-state index contributed by atoms with van der Waals surface area (Å²) in [5.74, 6) is 0.812. The number of nitrogens with one attached hydrogen (secondary N) is 1. The molecule has 0 bridgehead atoms. The molecule has 102 valence electrons. The number of halogens is 1. The van der Waals surface area contributed by atoms with Crippen LogP contribution in [-0.2, 0) is 0 Å². The Kier molecular flexibility index (Phi) is 3.17. The lowest BCUT2D eigenvalue weighted by atomic mass is 9.82. The van der Waals surface area contributed by atoms with Gasteiger partial charge in [-0.3, -0.25) is 0 Å². The maximum atomic E-state index is 12.2. The summed E-state index contributed by atoms with van der Waals surface area (Å²) < 4.78 is 0. The minimum atomic E-state index is 0.0249. The molecule has 0 atom stereocenters. The van der Waals surface area contributed by atoms with Crippen LogP contribution in [0.4, 0.5) is 10.5 Å². The largest absolute Gasteiger partial charge is 0.322 e. The van der Waals surface area contributed by atoms with Crippen molar-refractivity contribution in [2.75, 3.05) is 11.9 Å². The number of benzene rings is 1. The maximum absolute atomic E-state index is 12.2. The van der Waals surface area contributed by atoms with Gasteiger partial charge in [0.15, 0.2) is 0 Å². The molecule has 1 aliphatic carbocycles. The van der Waals surface area contributed by atoms with Gasteiger partial charge < -0.3 is 10.2 Å². The van der Waals surface area contributed by atoms with E-state index in [0.717, 1.165) is 31.0 Å². The number of hydrogen-bond donors (Lipinski definition) is 1. The second-order valence-electron chi connectivity index (χ2n) is 5.93. The normalized spacial score (nSPS) is 29.4. The minimum absolute atomic E-state index is 0.0249. The summed E-state index contributed by atoms with van der Waals surface area (Å²) >= 11 is 5.83. The van der Waals surface area contributed by atoms with Crippen LogP contribution >= 0.6 is 11.6 Å². The van der Waals surface area contributed by atoms with Crippen LogP contribution in [0.25, 0.3) is 0 Å². The number of amides is 2. The van der Waals surface area contributed by atoms with Gasteiger partial charge in [0.25, 0.3) is 0 Å². The first-order valence-corrected chi connectivity index (χ1v) is 7.31. The van der Waals surface area contributed by atoms with Crippen molar-refractivity contribution in [1.82, 2.24) is 4.90 Å². The molecule has 1 N–H and O–H groups in total. The Morgan fingerprint density at radius 2 is 1.95 bits per heavy atom.